The number of rotatable bonds is 5. The summed E-state index contributed by atoms with van der Waals surface area (Å²) in [5.74, 6) is 1.13. The Bertz CT molecular complexity index is 703. The van der Waals surface area contributed by atoms with Crippen LogP contribution in [0.25, 0.3) is 11.3 Å². The van der Waals surface area contributed by atoms with Crippen LogP contribution >= 0.6 is 11.3 Å². The lowest BCUT2D eigenvalue weighted by Gasteiger charge is -2.08. The first kappa shape index (κ1) is 16.0. The molecule has 1 aromatic carbocycles. The molecule has 5 nitrogen and oxygen atoms in total. The fraction of sp³-hybridized carbons (Fsp3) is 0.250. The predicted octanol–water partition coefficient (Wildman–Crippen LogP) is 3.73. The maximum atomic E-state index is 11.7. The van der Waals surface area contributed by atoms with Gasteiger partial charge in [0.2, 0.25) is 5.91 Å². The second kappa shape index (κ2) is 7.09. The first-order valence-corrected chi connectivity index (χ1v) is 7.55. The number of allylic oxidation sites excluding steroid dienone is 1. The second-order valence-corrected chi connectivity index (χ2v) is 5.68. The smallest absolute Gasteiger partial charge is 0.250 e. The van der Waals surface area contributed by atoms with Crippen LogP contribution in [-0.4, -0.2) is 25.1 Å². The van der Waals surface area contributed by atoms with Crippen molar-refractivity contribution in [1.29, 1.82) is 0 Å². The van der Waals surface area contributed by atoms with Crippen LogP contribution in [0, 0.1) is 0 Å². The molecule has 0 aliphatic carbocycles. The van der Waals surface area contributed by atoms with E-state index in [4.69, 9.17) is 9.47 Å². The van der Waals surface area contributed by atoms with Gasteiger partial charge in [-0.25, -0.2) is 4.98 Å². The molecule has 0 aliphatic heterocycles. The number of aromatic nitrogens is 1. The van der Waals surface area contributed by atoms with Gasteiger partial charge in [-0.05, 0) is 32.0 Å². The summed E-state index contributed by atoms with van der Waals surface area (Å²) in [6.07, 6.45) is 1.54. The van der Waals surface area contributed by atoms with Crippen LogP contribution < -0.4 is 14.8 Å². The molecule has 0 saturated heterocycles. The lowest BCUT2D eigenvalue weighted by Crippen LogP contribution is -2.07. The third kappa shape index (κ3) is 3.85. The molecule has 6 heteroatoms. The summed E-state index contributed by atoms with van der Waals surface area (Å²) in [5, 5.41) is 5.20. The van der Waals surface area contributed by atoms with Gasteiger partial charge in [0.1, 0.15) is 0 Å². The van der Waals surface area contributed by atoms with Gasteiger partial charge in [-0.15, -0.1) is 11.3 Å². The summed E-state index contributed by atoms with van der Waals surface area (Å²) in [6.45, 7) is 3.74. The highest BCUT2D eigenvalue weighted by Gasteiger charge is 2.10. The van der Waals surface area contributed by atoms with E-state index in [2.05, 4.69) is 10.3 Å². The molecule has 116 valence electrons. The van der Waals surface area contributed by atoms with Crippen molar-refractivity contribution in [2.45, 2.75) is 13.8 Å². The highest BCUT2D eigenvalue weighted by Crippen LogP contribution is 2.33. The van der Waals surface area contributed by atoms with Gasteiger partial charge in [0, 0.05) is 17.0 Å². The molecule has 0 unspecified atom stereocenters. The van der Waals surface area contributed by atoms with E-state index in [1.165, 1.54) is 17.4 Å². The van der Waals surface area contributed by atoms with Crippen LogP contribution in [0.15, 0.2) is 35.2 Å². The van der Waals surface area contributed by atoms with Gasteiger partial charge in [0.05, 0.1) is 19.9 Å². The third-order valence-electron chi connectivity index (χ3n) is 2.83. The lowest BCUT2D eigenvalue weighted by molar-refractivity contribution is -0.111. The van der Waals surface area contributed by atoms with Crippen molar-refractivity contribution in [3.63, 3.8) is 0 Å². The number of methoxy groups -OCH3 is 2. The molecule has 1 amide bonds. The van der Waals surface area contributed by atoms with E-state index in [-0.39, 0.29) is 5.91 Å². The SMILES string of the molecule is COc1ccc(-c2csc(NC(=O)C=C(C)C)n2)cc1OC. The van der Waals surface area contributed by atoms with E-state index >= 15 is 0 Å². The number of thiazole rings is 1. The molecule has 22 heavy (non-hydrogen) atoms. The quantitative estimate of drug-likeness (QED) is 0.853. The molecule has 0 fully saturated rings. The van der Waals surface area contributed by atoms with E-state index in [0.29, 0.717) is 16.6 Å². The summed E-state index contributed by atoms with van der Waals surface area (Å²) >= 11 is 1.38. The minimum atomic E-state index is -0.173. The Balaban J connectivity index is 2.21. The van der Waals surface area contributed by atoms with Crippen molar-refractivity contribution in [1.82, 2.24) is 4.98 Å². The summed E-state index contributed by atoms with van der Waals surface area (Å²) in [4.78, 5) is 16.1. The molecule has 1 heterocycles. The largest absolute Gasteiger partial charge is 0.493 e. The Labute approximate surface area is 133 Å². The Hall–Kier alpha value is -2.34. The molecule has 0 spiro atoms. The number of hydrogen-bond donors (Lipinski definition) is 1. The number of ether oxygens (including phenoxy) is 2. The molecule has 2 aromatic rings. The normalized spacial score (nSPS) is 10.0. The number of nitrogens with one attached hydrogen (secondary N) is 1. The number of nitrogens with zero attached hydrogens (tertiary/aromatic N) is 1. The van der Waals surface area contributed by atoms with Gasteiger partial charge < -0.3 is 9.47 Å². The Morgan fingerprint density at radius 3 is 2.59 bits per heavy atom. The molecule has 0 radical (unpaired) electrons. The van der Waals surface area contributed by atoms with Crippen LogP contribution in [0.4, 0.5) is 5.13 Å². The van der Waals surface area contributed by atoms with Crippen molar-refractivity contribution in [3.8, 4) is 22.8 Å². The van der Waals surface area contributed by atoms with Gasteiger partial charge in [-0.3, -0.25) is 10.1 Å². The van der Waals surface area contributed by atoms with Crippen LogP contribution in [0.2, 0.25) is 0 Å². The molecular weight excluding hydrogens is 300 g/mol. The second-order valence-electron chi connectivity index (χ2n) is 4.82. The first-order chi connectivity index (χ1) is 10.5. The summed E-state index contributed by atoms with van der Waals surface area (Å²) < 4.78 is 10.5. The molecule has 2 rings (SSSR count). The third-order valence-corrected chi connectivity index (χ3v) is 3.59. The maximum absolute atomic E-state index is 11.7. The lowest BCUT2D eigenvalue weighted by atomic mass is 10.1. The zero-order chi connectivity index (χ0) is 16.1. The highest BCUT2D eigenvalue weighted by atomic mass is 32.1. The molecule has 1 aromatic heterocycles. The van der Waals surface area contributed by atoms with Crippen LogP contribution in [-0.2, 0) is 4.79 Å². The molecule has 0 bridgehead atoms. The Morgan fingerprint density at radius 2 is 1.95 bits per heavy atom. The van der Waals surface area contributed by atoms with Crippen molar-refractivity contribution in [3.05, 3.63) is 35.2 Å². The van der Waals surface area contributed by atoms with Crippen LogP contribution in [0.5, 0.6) is 11.5 Å². The van der Waals surface area contributed by atoms with Gasteiger partial charge in [0.15, 0.2) is 16.6 Å². The standard InChI is InChI=1S/C16H18N2O3S/c1-10(2)7-15(19)18-16-17-12(9-22-16)11-5-6-13(20-3)14(8-11)21-4/h5-9H,1-4H3,(H,17,18,19). The zero-order valence-corrected chi connectivity index (χ0v) is 13.8. The van der Waals surface area contributed by atoms with Gasteiger partial charge in [-0.2, -0.15) is 0 Å². The minimum absolute atomic E-state index is 0.173. The topological polar surface area (TPSA) is 60.5 Å². The van der Waals surface area contributed by atoms with Crippen molar-refractivity contribution < 1.29 is 14.3 Å². The van der Waals surface area contributed by atoms with Gasteiger partial charge in [0.25, 0.3) is 0 Å². The van der Waals surface area contributed by atoms with E-state index in [1.54, 1.807) is 14.2 Å². The van der Waals surface area contributed by atoms with Crippen LogP contribution in [0.3, 0.4) is 0 Å². The summed E-state index contributed by atoms with van der Waals surface area (Å²) in [6, 6.07) is 5.59. The fourth-order valence-electron chi connectivity index (χ4n) is 1.86. The molecule has 0 atom stereocenters. The molecule has 0 aliphatic rings. The molecule has 1 N–H and O–H groups in total. The fourth-order valence-corrected chi connectivity index (χ4v) is 2.59. The average Bonchev–Trinajstić information content (AvgIpc) is 2.93. The van der Waals surface area contributed by atoms with E-state index in [1.807, 2.05) is 37.4 Å². The number of amides is 1. The van der Waals surface area contributed by atoms with Gasteiger partial charge >= 0.3 is 0 Å². The number of carbonyl (C=O) groups is 1. The van der Waals surface area contributed by atoms with E-state index in [0.717, 1.165) is 16.8 Å². The number of carbonyl (C=O) groups excluding carboxylic acids is 1. The predicted molar refractivity (Wildman–Crippen MR) is 88.7 cm³/mol. The number of anilines is 1. The Kier molecular flexibility index (Phi) is 5.16. The first-order valence-electron chi connectivity index (χ1n) is 6.67. The van der Waals surface area contributed by atoms with Crippen molar-refractivity contribution in [2.75, 3.05) is 19.5 Å². The van der Waals surface area contributed by atoms with E-state index < -0.39 is 0 Å². The minimum Gasteiger partial charge on any atom is -0.493 e. The maximum Gasteiger partial charge on any atom is 0.250 e. The molecule has 0 saturated carbocycles. The van der Waals surface area contributed by atoms with Crippen LogP contribution in [0.1, 0.15) is 13.8 Å². The number of hydrogen-bond acceptors (Lipinski definition) is 5. The van der Waals surface area contributed by atoms with Crippen molar-refractivity contribution >= 4 is 22.4 Å². The zero-order valence-electron chi connectivity index (χ0n) is 13.0. The van der Waals surface area contributed by atoms with Crippen molar-refractivity contribution in [2.24, 2.45) is 0 Å². The average molecular weight is 318 g/mol. The highest BCUT2D eigenvalue weighted by molar-refractivity contribution is 7.14. The monoisotopic (exact) mass is 318 g/mol. The summed E-state index contributed by atoms with van der Waals surface area (Å²) in [5.41, 5.74) is 2.62. The van der Waals surface area contributed by atoms with Gasteiger partial charge in [-0.1, -0.05) is 5.57 Å². The Morgan fingerprint density at radius 1 is 1.23 bits per heavy atom. The summed E-state index contributed by atoms with van der Waals surface area (Å²) in [7, 11) is 3.19. The van der Waals surface area contributed by atoms with E-state index in [9.17, 15) is 4.79 Å². The number of benzene rings is 1. The molecular formula is C16H18N2O3S.